The molecule has 4 aromatic heterocycles. The number of benzene rings is 1. The first-order valence-corrected chi connectivity index (χ1v) is 10.0. The lowest BCUT2D eigenvalue weighted by atomic mass is 10.2. The molecule has 5 rings (SSSR count). The number of H-pyrrole nitrogens is 1. The van der Waals surface area contributed by atoms with Crippen molar-refractivity contribution >= 4 is 53.9 Å². The maximum Gasteiger partial charge on any atom is 0.141 e. The van der Waals surface area contributed by atoms with Crippen molar-refractivity contribution in [3.63, 3.8) is 0 Å². The molecule has 0 saturated heterocycles. The molecule has 0 bridgehead atoms. The average molecular weight is 484 g/mol. The Bertz CT molecular complexity index is 1180. The standard InChI is InChI=1S/C14H11BrN2.C7H5BrN2/c15-13-6-8-16-14-12(13)7-9-17(14)10-11-4-2-1-3-5-11;8-6-2-4-10-7-5(6)1-3-9-7/h1-9H,10H2;1-4H,(H,9,10). The van der Waals surface area contributed by atoms with E-state index in [0.29, 0.717) is 0 Å². The van der Waals surface area contributed by atoms with Crippen LogP contribution in [0.4, 0.5) is 0 Å². The number of aromatic nitrogens is 4. The minimum Gasteiger partial charge on any atom is -0.346 e. The molecule has 4 heterocycles. The molecule has 0 saturated carbocycles. The first-order valence-electron chi connectivity index (χ1n) is 8.43. The van der Waals surface area contributed by atoms with Gasteiger partial charge in [0.25, 0.3) is 0 Å². The van der Waals surface area contributed by atoms with Crippen molar-refractivity contribution in [1.29, 1.82) is 0 Å². The molecule has 1 N–H and O–H groups in total. The van der Waals surface area contributed by atoms with Gasteiger partial charge in [0.1, 0.15) is 11.3 Å². The van der Waals surface area contributed by atoms with Crippen LogP contribution in [0.1, 0.15) is 5.56 Å². The Hall–Kier alpha value is -2.44. The van der Waals surface area contributed by atoms with Gasteiger partial charge in [-0.2, -0.15) is 0 Å². The van der Waals surface area contributed by atoms with Gasteiger partial charge in [0.15, 0.2) is 0 Å². The van der Waals surface area contributed by atoms with E-state index >= 15 is 0 Å². The lowest BCUT2D eigenvalue weighted by molar-refractivity contribution is 0.825. The molecule has 0 aliphatic carbocycles. The number of rotatable bonds is 2. The fourth-order valence-corrected chi connectivity index (χ4v) is 3.76. The van der Waals surface area contributed by atoms with E-state index in [2.05, 4.69) is 87.9 Å². The predicted octanol–water partition coefficient (Wildman–Crippen LogP) is 6.17. The molecular formula is C21H16Br2N4. The number of hydrogen-bond acceptors (Lipinski definition) is 2. The summed E-state index contributed by atoms with van der Waals surface area (Å²) in [5, 5.41) is 2.28. The molecule has 0 aliphatic rings. The molecule has 0 atom stereocenters. The Balaban J connectivity index is 0.000000153. The van der Waals surface area contributed by atoms with Gasteiger partial charge in [-0.25, -0.2) is 9.97 Å². The van der Waals surface area contributed by atoms with Crippen molar-refractivity contribution in [1.82, 2.24) is 19.5 Å². The van der Waals surface area contributed by atoms with Crippen molar-refractivity contribution in [2.24, 2.45) is 0 Å². The van der Waals surface area contributed by atoms with Crippen LogP contribution < -0.4 is 0 Å². The van der Waals surface area contributed by atoms with E-state index < -0.39 is 0 Å². The van der Waals surface area contributed by atoms with Gasteiger partial charge in [-0.1, -0.05) is 30.3 Å². The summed E-state index contributed by atoms with van der Waals surface area (Å²) in [6.07, 6.45) is 7.55. The summed E-state index contributed by atoms with van der Waals surface area (Å²) < 4.78 is 4.34. The quantitative estimate of drug-likeness (QED) is 0.326. The molecule has 4 nitrogen and oxygen atoms in total. The molecule has 1 aromatic carbocycles. The molecule has 0 aliphatic heterocycles. The third kappa shape index (κ3) is 3.96. The van der Waals surface area contributed by atoms with Gasteiger partial charge < -0.3 is 9.55 Å². The number of aromatic amines is 1. The number of nitrogens with one attached hydrogen (secondary N) is 1. The van der Waals surface area contributed by atoms with Crippen LogP contribution in [0, 0.1) is 0 Å². The molecule has 134 valence electrons. The molecule has 0 unspecified atom stereocenters. The van der Waals surface area contributed by atoms with Gasteiger partial charge in [0.2, 0.25) is 0 Å². The molecule has 0 radical (unpaired) electrons. The normalized spacial score (nSPS) is 10.7. The van der Waals surface area contributed by atoms with Crippen LogP contribution in [0.5, 0.6) is 0 Å². The van der Waals surface area contributed by atoms with E-state index in [-0.39, 0.29) is 0 Å². The first kappa shape index (κ1) is 17.9. The summed E-state index contributed by atoms with van der Waals surface area (Å²) in [4.78, 5) is 11.6. The predicted molar refractivity (Wildman–Crippen MR) is 117 cm³/mol. The minimum atomic E-state index is 0.855. The largest absolute Gasteiger partial charge is 0.346 e. The zero-order chi connectivity index (χ0) is 18.6. The van der Waals surface area contributed by atoms with Gasteiger partial charge in [0.05, 0.1) is 0 Å². The lowest BCUT2D eigenvalue weighted by Crippen LogP contribution is -1.98. The molecule has 27 heavy (non-hydrogen) atoms. The van der Waals surface area contributed by atoms with Crippen molar-refractivity contribution in [2.75, 3.05) is 0 Å². The van der Waals surface area contributed by atoms with Crippen LogP contribution in [0.2, 0.25) is 0 Å². The van der Waals surface area contributed by atoms with Crippen LogP contribution >= 0.6 is 31.9 Å². The Morgan fingerprint density at radius 1 is 0.815 bits per heavy atom. The topological polar surface area (TPSA) is 46.5 Å². The molecule has 6 heteroatoms. The Morgan fingerprint density at radius 3 is 2.33 bits per heavy atom. The van der Waals surface area contributed by atoms with Crippen molar-refractivity contribution in [3.05, 3.63) is 93.9 Å². The molecule has 0 spiro atoms. The highest BCUT2D eigenvalue weighted by Crippen LogP contribution is 2.23. The molecule has 0 amide bonds. The third-order valence-electron chi connectivity index (χ3n) is 4.21. The highest BCUT2D eigenvalue weighted by Gasteiger charge is 2.05. The number of halogens is 2. The fraction of sp³-hybridized carbons (Fsp3) is 0.0476. The third-order valence-corrected chi connectivity index (χ3v) is 5.59. The summed E-state index contributed by atoms with van der Waals surface area (Å²) in [7, 11) is 0. The van der Waals surface area contributed by atoms with Gasteiger partial charge in [-0.05, 0) is 61.7 Å². The summed E-state index contributed by atoms with van der Waals surface area (Å²) in [6, 6.07) is 18.4. The number of fused-ring (bicyclic) bond motifs is 2. The van der Waals surface area contributed by atoms with E-state index in [4.69, 9.17) is 0 Å². The van der Waals surface area contributed by atoms with Crippen LogP contribution in [-0.2, 0) is 6.54 Å². The van der Waals surface area contributed by atoms with Crippen LogP contribution in [0.3, 0.4) is 0 Å². The second kappa shape index (κ2) is 8.06. The van der Waals surface area contributed by atoms with Gasteiger partial charge >= 0.3 is 0 Å². The van der Waals surface area contributed by atoms with Gasteiger partial charge in [-0.15, -0.1) is 0 Å². The lowest BCUT2D eigenvalue weighted by Gasteiger charge is -2.04. The highest BCUT2D eigenvalue weighted by atomic mass is 79.9. The second-order valence-electron chi connectivity index (χ2n) is 5.99. The van der Waals surface area contributed by atoms with E-state index in [9.17, 15) is 0 Å². The second-order valence-corrected chi connectivity index (χ2v) is 7.70. The van der Waals surface area contributed by atoms with Crippen LogP contribution in [0.15, 0.2) is 88.3 Å². The SMILES string of the molecule is Brc1ccnc2[nH]ccc12.Brc1ccnc2c1ccn2Cc1ccccc1. The Kier molecular flexibility index (Phi) is 5.36. The number of nitrogens with zero attached hydrogens (tertiary/aromatic N) is 3. The highest BCUT2D eigenvalue weighted by molar-refractivity contribution is 9.11. The van der Waals surface area contributed by atoms with E-state index in [0.717, 1.165) is 37.6 Å². The zero-order valence-corrected chi connectivity index (χ0v) is 17.5. The Labute approximate surface area is 173 Å². The summed E-state index contributed by atoms with van der Waals surface area (Å²) in [6.45, 7) is 0.855. The van der Waals surface area contributed by atoms with Crippen molar-refractivity contribution < 1.29 is 0 Å². The number of pyridine rings is 2. The van der Waals surface area contributed by atoms with Crippen molar-refractivity contribution in [3.8, 4) is 0 Å². The van der Waals surface area contributed by atoms with E-state index in [1.807, 2.05) is 36.7 Å². The monoisotopic (exact) mass is 482 g/mol. The smallest absolute Gasteiger partial charge is 0.141 e. The van der Waals surface area contributed by atoms with Crippen LogP contribution in [0.25, 0.3) is 22.1 Å². The summed E-state index contributed by atoms with van der Waals surface area (Å²) >= 11 is 6.96. The Morgan fingerprint density at radius 2 is 1.56 bits per heavy atom. The number of hydrogen-bond donors (Lipinski definition) is 1. The molecule has 5 aromatic rings. The maximum atomic E-state index is 4.43. The van der Waals surface area contributed by atoms with Gasteiger partial charge in [0, 0.05) is 51.1 Å². The summed E-state index contributed by atoms with van der Waals surface area (Å²) in [5.41, 5.74) is 3.23. The summed E-state index contributed by atoms with van der Waals surface area (Å²) in [5.74, 6) is 0. The van der Waals surface area contributed by atoms with Gasteiger partial charge in [-0.3, -0.25) is 0 Å². The van der Waals surface area contributed by atoms with E-state index in [1.54, 1.807) is 6.20 Å². The van der Waals surface area contributed by atoms with Crippen molar-refractivity contribution in [2.45, 2.75) is 6.54 Å². The minimum absolute atomic E-state index is 0.855. The van der Waals surface area contributed by atoms with Crippen LogP contribution in [-0.4, -0.2) is 19.5 Å². The fourth-order valence-electron chi connectivity index (χ4n) is 2.89. The molecule has 0 fully saturated rings. The van der Waals surface area contributed by atoms with E-state index in [1.165, 1.54) is 5.56 Å². The zero-order valence-electron chi connectivity index (χ0n) is 14.3. The first-order chi connectivity index (χ1) is 13.2. The average Bonchev–Trinajstić information content (AvgIpc) is 3.32. The maximum absolute atomic E-state index is 4.43. The molecular weight excluding hydrogens is 468 g/mol.